The Morgan fingerprint density at radius 3 is 2.58 bits per heavy atom. The third kappa shape index (κ3) is 2.93. The summed E-state index contributed by atoms with van der Waals surface area (Å²) < 4.78 is 0. The van der Waals surface area contributed by atoms with Gasteiger partial charge in [0.25, 0.3) is 0 Å². The molecule has 1 aliphatic rings. The van der Waals surface area contributed by atoms with Crippen molar-refractivity contribution in [2.75, 3.05) is 6.54 Å². The molecule has 1 unspecified atom stereocenters. The number of carboxylic acids is 1. The standard InChI is InChI=1S/C13H12ClNO4/c14-10-4-2-1-3-9(10)11(6-13(18)19)15-7-8(16)5-12(15)17/h1-4,11H,5-7H2,(H,18,19). The number of benzene rings is 1. The number of carboxylic acid groups (broad SMARTS) is 1. The Balaban J connectivity index is 2.36. The van der Waals surface area contributed by atoms with E-state index in [0.717, 1.165) is 0 Å². The Labute approximate surface area is 114 Å². The fraction of sp³-hybridized carbons (Fsp3) is 0.308. The van der Waals surface area contributed by atoms with Gasteiger partial charge < -0.3 is 10.0 Å². The van der Waals surface area contributed by atoms with Crippen LogP contribution in [0.1, 0.15) is 24.4 Å². The topological polar surface area (TPSA) is 74.7 Å². The maximum atomic E-state index is 11.8. The molecule has 0 bridgehead atoms. The number of Topliss-reactive ketones (excluding diaryl/α,β-unsaturated/α-hetero) is 1. The second kappa shape index (κ2) is 5.40. The van der Waals surface area contributed by atoms with Gasteiger partial charge in [0.05, 0.1) is 25.4 Å². The molecular formula is C13H12ClNO4. The Kier molecular flexibility index (Phi) is 3.85. The summed E-state index contributed by atoms with van der Waals surface area (Å²) in [4.78, 5) is 35.4. The van der Waals surface area contributed by atoms with Gasteiger partial charge in [-0.1, -0.05) is 29.8 Å². The smallest absolute Gasteiger partial charge is 0.305 e. The van der Waals surface area contributed by atoms with E-state index >= 15 is 0 Å². The van der Waals surface area contributed by atoms with Crippen molar-refractivity contribution < 1.29 is 19.5 Å². The van der Waals surface area contributed by atoms with Crippen molar-refractivity contribution >= 4 is 29.3 Å². The highest BCUT2D eigenvalue weighted by Gasteiger charge is 2.35. The van der Waals surface area contributed by atoms with E-state index in [0.29, 0.717) is 10.6 Å². The van der Waals surface area contributed by atoms with Crippen molar-refractivity contribution in [3.63, 3.8) is 0 Å². The summed E-state index contributed by atoms with van der Waals surface area (Å²) in [5.41, 5.74) is 0.551. The van der Waals surface area contributed by atoms with E-state index in [2.05, 4.69) is 0 Å². The molecule has 1 saturated heterocycles. The molecule has 2 rings (SSSR count). The number of aliphatic carboxylic acids is 1. The summed E-state index contributed by atoms with van der Waals surface area (Å²) in [6.45, 7) is -0.0536. The first-order chi connectivity index (χ1) is 8.99. The van der Waals surface area contributed by atoms with Gasteiger partial charge in [-0.2, -0.15) is 0 Å². The molecule has 1 aromatic carbocycles. The quantitative estimate of drug-likeness (QED) is 0.852. The monoisotopic (exact) mass is 281 g/mol. The molecule has 5 nitrogen and oxygen atoms in total. The number of nitrogens with zero attached hydrogens (tertiary/aromatic N) is 1. The average molecular weight is 282 g/mol. The predicted octanol–water partition coefficient (Wildman–Crippen LogP) is 1.66. The predicted molar refractivity (Wildman–Crippen MR) is 67.8 cm³/mol. The lowest BCUT2D eigenvalue weighted by atomic mass is 10.0. The van der Waals surface area contributed by atoms with Crippen LogP contribution in [0.25, 0.3) is 0 Å². The molecule has 1 N–H and O–H groups in total. The molecule has 19 heavy (non-hydrogen) atoms. The maximum absolute atomic E-state index is 11.8. The van der Waals surface area contributed by atoms with Crippen LogP contribution in [0.15, 0.2) is 24.3 Å². The summed E-state index contributed by atoms with van der Waals surface area (Å²) in [7, 11) is 0. The largest absolute Gasteiger partial charge is 0.481 e. The number of carbonyl (C=O) groups excluding carboxylic acids is 2. The van der Waals surface area contributed by atoms with Gasteiger partial charge in [0.15, 0.2) is 5.78 Å². The number of hydrogen-bond acceptors (Lipinski definition) is 3. The van der Waals surface area contributed by atoms with E-state index < -0.39 is 12.0 Å². The molecule has 100 valence electrons. The van der Waals surface area contributed by atoms with E-state index in [9.17, 15) is 14.4 Å². The third-order valence-electron chi connectivity index (χ3n) is 3.02. The van der Waals surface area contributed by atoms with Crippen LogP contribution in [-0.2, 0) is 14.4 Å². The van der Waals surface area contributed by atoms with Crippen LogP contribution in [-0.4, -0.2) is 34.2 Å². The van der Waals surface area contributed by atoms with Crippen molar-refractivity contribution in [2.24, 2.45) is 0 Å². The second-order valence-corrected chi connectivity index (χ2v) is 4.78. The summed E-state index contributed by atoms with van der Waals surface area (Å²) in [6.07, 6.45) is -0.441. The van der Waals surface area contributed by atoms with Crippen LogP contribution in [0, 0.1) is 0 Å². The molecule has 0 aromatic heterocycles. The SMILES string of the molecule is O=C(O)CC(c1ccccc1Cl)N1CC(=O)CC1=O. The Hall–Kier alpha value is -1.88. The zero-order chi connectivity index (χ0) is 14.0. The van der Waals surface area contributed by atoms with Crippen LogP contribution in [0.5, 0.6) is 0 Å². The summed E-state index contributed by atoms with van der Waals surface area (Å²) in [6, 6.07) is 6.05. The van der Waals surface area contributed by atoms with Crippen LogP contribution < -0.4 is 0 Å². The molecule has 1 heterocycles. The van der Waals surface area contributed by atoms with Crippen molar-refractivity contribution in [2.45, 2.75) is 18.9 Å². The lowest BCUT2D eigenvalue weighted by molar-refractivity contribution is -0.140. The van der Waals surface area contributed by atoms with Gasteiger partial charge in [0, 0.05) is 5.02 Å². The van der Waals surface area contributed by atoms with Crippen molar-refractivity contribution in [1.82, 2.24) is 4.90 Å². The molecule has 6 heteroatoms. The molecule has 0 spiro atoms. The molecule has 1 atom stereocenters. The first kappa shape index (κ1) is 13.5. The zero-order valence-electron chi connectivity index (χ0n) is 10.0. The average Bonchev–Trinajstić information content (AvgIpc) is 2.66. The second-order valence-electron chi connectivity index (χ2n) is 4.37. The summed E-state index contributed by atoms with van der Waals surface area (Å²) in [5.74, 6) is -1.60. The Morgan fingerprint density at radius 1 is 1.37 bits per heavy atom. The first-order valence-electron chi connectivity index (χ1n) is 5.76. The number of amides is 1. The minimum Gasteiger partial charge on any atom is -0.481 e. The van der Waals surface area contributed by atoms with Crippen LogP contribution in [0.2, 0.25) is 5.02 Å². The number of likely N-dealkylation sites (tertiary alicyclic amines) is 1. The van der Waals surface area contributed by atoms with E-state index in [1.165, 1.54) is 4.90 Å². The fourth-order valence-corrected chi connectivity index (χ4v) is 2.45. The molecule has 0 radical (unpaired) electrons. The summed E-state index contributed by atoms with van der Waals surface area (Å²) >= 11 is 6.05. The molecule has 1 fully saturated rings. The molecule has 1 aromatic rings. The number of hydrogen-bond donors (Lipinski definition) is 1. The molecule has 0 aliphatic carbocycles. The van der Waals surface area contributed by atoms with Gasteiger partial charge >= 0.3 is 5.97 Å². The zero-order valence-corrected chi connectivity index (χ0v) is 10.8. The van der Waals surface area contributed by atoms with Gasteiger partial charge in [0.2, 0.25) is 5.91 Å². The molecule has 1 aliphatic heterocycles. The highest BCUT2D eigenvalue weighted by Crippen LogP contribution is 2.32. The number of rotatable bonds is 4. The lowest BCUT2D eigenvalue weighted by Crippen LogP contribution is -2.32. The minimum atomic E-state index is -1.04. The fourth-order valence-electron chi connectivity index (χ4n) is 2.19. The maximum Gasteiger partial charge on any atom is 0.305 e. The van der Waals surface area contributed by atoms with Gasteiger partial charge in [-0.25, -0.2) is 0 Å². The normalized spacial score (nSPS) is 16.8. The molecule has 0 saturated carbocycles. The van der Waals surface area contributed by atoms with E-state index in [-0.39, 0.29) is 31.1 Å². The third-order valence-corrected chi connectivity index (χ3v) is 3.37. The van der Waals surface area contributed by atoms with Crippen molar-refractivity contribution in [3.8, 4) is 0 Å². The van der Waals surface area contributed by atoms with E-state index in [1.54, 1.807) is 24.3 Å². The highest BCUT2D eigenvalue weighted by atomic mass is 35.5. The lowest BCUT2D eigenvalue weighted by Gasteiger charge is -2.27. The summed E-state index contributed by atoms with van der Waals surface area (Å²) in [5, 5.41) is 9.37. The van der Waals surface area contributed by atoms with E-state index in [4.69, 9.17) is 16.7 Å². The van der Waals surface area contributed by atoms with Gasteiger partial charge in [-0.05, 0) is 11.6 Å². The Bertz CT molecular complexity index is 543. The van der Waals surface area contributed by atoms with Gasteiger partial charge in [-0.15, -0.1) is 0 Å². The molecular weight excluding hydrogens is 270 g/mol. The van der Waals surface area contributed by atoms with Crippen LogP contribution in [0.3, 0.4) is 0 Å². The van der Waals surface area contributed by atoms with Gasteiger partial charge in [0.1, 0.15) is 0 Å². The van der Waals surface area contributed by atoms with E-state index in [1.807, 2.05) is 0 Å². The first-order valence-corrected chi connectivity index (χ1v) is 6.14. The van der Waals surface area contributed by atoms with Gasteiger partial charge in [-0.3, -0.25) is 14.4 Å². The van der Waals surface area contributed by atoms with Crippen LogP contribution in [0.4, 0.5) is 0 Å². The number of carbonyl (C=O) groups is 3. The number of ketones is 1. The Morgan fingerprint density at radius 2 is 2.05 bits per heavy atom. The van der Waals surface area contributed by atoms with Crippen molar-refractivity contribution in [3.05, 3.63) is 34.9 Å². The van der Waals surface area contributed by atoms with Crippen LogP contribution >= 0.6 is 11.6 Å². The molecule has 1 amide bonds. The highest BCUT2D eigenvalue weighted by molar-refractivity contribution is 6.31. The minimum absolute atomic E-state index is 0.0536. The van der Waals surface area contributed by atoms with Crippen molar-refractivity contribution in [1.29, 1.82) is 0 Å². The number of halogens is 1.